The molecule has 3 atom stereocenters. The first-order valence-electron chi connectivity index (χ1n) is 9.40. The zero-order valence-corrected chi connectivity index (χ0v) is 15.9. The van der Waals surface area contributed by atoms with Crippen LogP contribution in [0.25, 0.3) is 0 Å². The van der Waals surface area contributed by atoms with E-state index in [-0.39, 0.29) is 17.7 Å². The van der Waals surface area contributed by atoms with Crippen LogP contribution in [0.15, 0.2) is 23.8 Å². The molecule has 1 aromatic carbocycles. The highest BCUT2D eigenvalue weighted by Gasteiger charge is 2.37. The molecule has 1 heterocycles. The van der Waals surface area contributed by atoms with Gasteiger partial charge in [0.15, 0.2) is 0 Å². The Morgan fingerprint density at radius 1 is 1.23 bits per heavy atom. The van der Waals surface area contributed by atoms with Crippen molar-refractivity contribution in [2.75, 3.05) is 0 Å². The molecule has 0 saturated heterocycles. The number of phenols is 1. The van der Waals surface area contributed by atoms with Gasteiger partial charge in [-0.1, -0.05) is 43.9 Å². The van der Waals surface area contributed by atoms with E-state index in [1.54, 1.807) is 6.07 Å². The molecule has 5 heteroatoms. The minimum absolute atomic E-state index is 0.105. The Morgan fingerprint density at radius 3 is 2.62 bits per heavy atom. The summed E-state index contributed by atoms with van der Waals surface area (Å²) in [7, 11) is 0. The van der Waals surface area contributed by atoms with Gasteiger partial charge in [-0.25, -0.2) is 4.79 Å². The number of rotatable bonds is 9. The molecule has 1 aromatic rings. The molecule has 0 radical (unpaired) electrons. The molecule has 144 valence electrons. The third kappa shape index (κ3) is 4.86. The van der Waals surface area contributed by atoms with Crippen LogP contribution in [0.3, 0.4) is 0 Å². The van der Waals surface area contributed by atoms with Crippen molar-refractivity contribution in [3.63, 3.8) is 0 Å². The zero-order valence-electron chi connectivity index (χ0n) is 15.9. The van der Waals surface area contributed by atoms with Crippen molar-refractivity contribution in [1.82, 2.24) is 0 Å². The number of allylic oxidation sites excluding steroid dienone is 2. The topological polar surface area (TPSA) is 87.0 Å². The van der Waals surface area contributed by atoms with E-state index in [0.717, 1.165) is 30.4 Å². The van der Waals surface area contributed by atoms with E-state index in [2.05, 4.69) is 6.92 Å². The van der Waals surface area contributed by atoms with Crippen LogP contribution in [0.4, 0.5) is 0 Å². The number of aliphatic hydroxyl groups is 2. The maximum absolute atomic E-state index is 12.2. The Balaban J connectivity index is 2.20. The Labute approximate surface area is 155 Å². The van der Waals surface area contributed by atoms with Gasteiger partial charge in [0.05, 0.1) is 12.2 Å². The number of fused-ring (bicyclic) bond motifs is 1. The monoisotopic (exact) mass is 362 g/mol. The molecule has 0 amide bonds. The quantitative estimate of drug-likeness (QED) is 0.353. The average molecular weight is 362 g/mol. The third-order valence-electron chi connectivity index (χ3n) is 4.82. The van der Waals surface area contributed by atoms with Gasteiger partial charge in [0.25, 0.3) is 0 Å². The lowest BCUT2D eigenvalue weighted by Crippen LogP contribution is -2.28. The van der Waals surface area contributed by atoms with Crippen molar-refractivity contribution in [3.8, 4) is 5.75 Å². The number of esters is 1. The lowest BCUT2D eigenvalue weighted by molar-refractivity contribution is -0.0233. The van der Waals surface area contributed by atoms with Crippen LogP contribution in [0.1, 0.15) is 80.5 Å². The molecule has 2 rings (SSSR count). The van der Waals surface area contributed by atoms with E-state index in [4.69, 9.17) is 4.74 Å². The predicted molar refractivity (Wildman–Crippen MR) is 100 cm³/mol. The highest BCUT2D eigenvalue weighted by atomic mass is 16.6. The first-order chi connectivity index (χ1) is 12.3. The van der Waals surface area contributed by atoms with Gasteiger partial charge in [0.2, 0.25) is 0 Å². The van der Waals surface area contributed by atoms with Crippen molar-refractivity contribution in [2.24, 2.45) is 0 Å². The molecule has 0 fully saturated rings. The normalized spacial score (nSPS) is 18.2. The second-order valence-electron chi connectivity index (χ2n) is 7.28. The number of aromatic hydroxyl groups is 1. The second-order valence-corrected chi connectivity index (χ2v) is 7.28. The molecule has 3 N–H and O–H groups in total. The van der Waals surface area contributed by atoms with Crippen LogP contribution in [0.5, 0.6) is 5.75 Å². The van der Waals surface area contributed by atoms with Crippen molar-refractivity contribution < 1.29 is 24.9 Å². The molecule has 0 spiro atoms. The summed E-state index contributed by atoms with van der Waals surface area (Å²) in [5.74, 6) is -0.680. The van der Waals surface area contributed by atoms with E-state index in [9.17, 15) is 20.1 Å². The predicted octanol–water partition coefficient (Wildman–Crippen LogP) is 3.80. The number of carbonyl (C=O) groups excluding carboxylic acids is 1. The van der Waals surface area contributed by atoms with Crippen LogP contribution >= 0.6 is 0 Å². The van der Waals surface area contributed by atoms with Gasteiger partial charge >= 0.3 is 5.97 Å². The van der Waals surface area contributed by atoms with Crippen LogP contribution in [0.2, 0.25) is 0 Å². The van der Waals surface area contributed by atoms with Crippen LogP contribution in [-0.4, -0.2) is 33.5 Å². The van der Waals surface area contributed by atoms with Gasteiger partial charge in [0.1, 0.15) is 17.4 Å². The lowest BCUT2D eigenvalue weighted by atomic mass is 9.91. The van der Waals surface area contributed by atoms with Gasteiger partial charge in [-0.2, -0.15) is 0 Å². The summed E-state index contributed by atoms with van der Waals surface area (Å²) in [6.45, 7) is 6.07. The Morgan fingerprint density at radius 2 is 1.96 bits per heavy atom. The first-order valence-corrected chi connectivity index (χ1v) is 9.40. The van der Waals surface area contributed by atoms with Crippen molar-refractivity contribution in [3.05, 3.63) is 40.5 Å². The molecule has 0 aliphatic carbocycles. The van der Waals surface area contributed by atoms with Gasteiger partial charge in [-0.05, 0) is 38.3 Å². The summed E-state index contributed by atoms with van der Waals surface area (Å²) in [6.07, 6.45) is 3.73. The number of phenolic OH excluding ortho intramolecular Hbond substituents is 1. The fourth-order valence-electron chi connectivity index (χ4n) is 3.31. The molecule has 0 bridgehead atoms. The number of hydrogen-bond acceptors (Lipinski definition) is 5. The molecular weight excluding hydrogens is 332 g/mol. The molecule has 0 unspecified atom stereocenters. The van der Waals surface area contributed by atoms with Crippen molar-refractivity contribution >= 4 is 5.97 Å². The van der Waals surface area contributed by atoms with Crippen LogP contribution in [-0.2, 0) is 11.2 Å². The number of ether oxygens (including phenoxy) is 1. The smallest absolute Gasteiger partial charge is 0.342 e. The number of hydrogen-bond donors (Lipinski definition) is 3. The lowest BCUT2D eigenvalue weighted by Gasteiger charge is -2.22. The molecule has 0 aromatic heterocycles. The highest BCUT2D eigenvalue weighted by Crippen LogP contribution is 2.41. The van der Waals surface area contributed by atoms with E-state index in [0.29, 0.717) is 18.4 Å². The van der Waals surface area contributed by atoms with Gasteiger partial charge in [0, 0.05) is 12.0 Å². The Hall–Kier alpha value is -1.85. The molecule has 26 heavy (non-hydrogen) atoms. The largest absolute Gasteiger partial charge is 0.507 e. The Bertz CT molecular complexity index is 661. The summed E-state index contributed by atoms with van der Waals surface area (Å²) in [6, 6.07) is 3.29. The number of aliphatic hydroxyl groups excluding tert-OH is 2. The second kappa shape index (κ2) is 9.19. The fourth-order valence-corrected chi connectivity index (χ4v) is 3.31. The minimum Gasteiger partial charge on any atom is -0.507 e. The summed E-state index contributed by atoms with van der Waals surface area (Å²) in [5, 5.41) is 30.6. The molecule has 1 aliphatic heterocycles. The maximum Gasteiger partial charge on any atom is 0.342 e. The van der Waals surface area contributed by atoms with Crippen molar-refractivity contribution in [2.45, 2.75) is 77.6 Å². The van der Waals surface area contributed by atoms with Crippen LogP contribution in [0, 0.1) is 0 Å². The average Bonchev–Trinajstić information content (AvgIpc) is 2.91. The highest BCUT2D eigenvalue weighted by molar-refractivity contribution is 5.97. The summed E-state index contributed by atoms with van der Waals surface area (Å²) in [4.78, 5) is 12.2. The molecule has 0 saturated carbocycles. The van der Waals surface area contributed by atoms with E-state index in [1.807, 2.05) is 19.9 Å². The van der Waals surface area contributed by atoms with Gasteiger partial charge < -0.3 is 20.1 Å². The number of carbonyl (C=O) groups is 1. The first kappa shape index (κ1) is 20.5. The maximum atomic E-state index is 12.2. The number of unbranched alkanes of at least 4 members (excludes halogenated alkanes) is 2. The fraction of sp³-hybridized carbons (Fsp3) is 0.571. The van der Waals surface area contributed by atoms with Crippen molar-refractivity contribution in [1.29, 1.82) is 0 Å². The molecule has 1 aliphatic rings. The SMILES string of the molecule is CCCCC[C@@H](O)[C@H](O)C[C@H]1OC(=O)c2c(O)ccc(CC=C(C)C)c21. The summed E-state index contributed by atoms with van der Waals surface area (Å²) < 4.78 is 5.42. The van der Waals surface area contributed by atoms with E-state index in [1.165, 1.54) is 6.07 Å². The van der Waals surface area contributed by atoms with E-state index >= 15 is 0 Å². The summed E-state index contributed by atoms with van der Waals surface area (Å²) >= 11 is 0. The minimum atomic E-state index is -0.978. The number of benzene rings is 1. The standard InChI is InChI=1S/C21H30O5/c1-4-5-6-7-15(22)17(24)12-18-19-14(9-8-13(2)3)10-11-16(23)20(19)21(25)26-18/h8,10-11,15,17-18,22-24H,4-7,9,12H2,1-3H3/t15-,17-,18-/m1/s1. The zero-order chi connectivity index (χ0) is 19.3. The van der Waals surface area contributed by atoms with Gasteiger partial charge in [-0.3, -0.25) is 0 Å². The Kier molecular flexibility index (Phi) is 7.23. The third-order valence-corrected chi connectivity index (χ3v) is 4.82. The van der Waals surface area contributed by atoms with Gasteiger partial charge in [-0.15, -0.1) is 0 Å². The number of cyclic esters (lactones) is 1. The van der Waals surface area contributed by atoms with E-state index < -0.39 is 24.3 Å². The molecule has 5 nitrogen and oxygen atoms in total. The van der Waals surface area contributed by atoms with Crippen LogP contribution < -0.4 is 0 Å². The molecular formula is C21H30O5. The summed E-state index contributed by atoms with van der Waals surface area (Å²) in [5.41, 5.74) is 2.86.